The Kier molecular flexibility index (Phi) is 5.16. The van der Waals surface area contributed by atoms with E-state index < -0.39 is 5.82 Å². The highest BCUT2D eigenvalue weighted by atomic mass is 19.1. The Bertz CT molecular complexity index is 833. The van der Waals surface area contributed by atoms with Crippen LogP contribution in [-0.2, 0) is 0 Å². The summed E-state index contributed by atoms with van der Waals surface area (Å²) in [6.07, 6.45) is 1.57. The SMILES string of the molecule is COc1ncccc1C(=O)N1CCN(c2ccc(C(C)=O)cc2F)CC1. The van der Waals surface area contributed by atoms with Crippen LogP contribution in [0, 0.1) is 5.82 Å². The molecule has 7 heteroatoms. The van der Waals surface area contributed by atoms with Gasteiger partial charge in [0.15, 0.2) is 5.78 Å². The van der Waals surface area contributed by atoms with Gasteiger partial charge in [0.05, 0.1) is 12.8 Å². The first-order chi connectivity index (χ1) is 12.5. The molecular weight excluding hydrogens is 337 g/mol. The van der Waals surface area contributed by atoms with Crippen LogP contribution in [0.15, 0.2) is 36.5 Å². The molecule has 0 N–H and O–H groups in total. The van der Waals surface area contributed by atoms with Gasteiger partial charge in [-0.1, -0.05) is 0 Å². The summed E-state index contributed by atoms with van der Waals surface area (Å²) in [7, 11) is 1.48. The Labute approximate surface area is 151 Å². The molecule has 136 valence electrons. The van der Waals surface area contributed by atoms with Crippen molar-refractivity contribution >= 4 is 17.4 Å². The van der Waals surface area contributed by atoms with E-state index in [0.29, 0.717) is 48.9 Å². The smallest absolute Gasteiger partial charge is 0.259 e. The van der Waals surface area contributed by atoms with Crippen molar-refractivity contribution in [3.8, 4) is 5.88 Å². The van der Waals surface area contributed by atoms with Crippen LogP contribution in [0.5, 0.6) is 5.88 Å². The third-order valence-corrected chi connectivity index (χ3v) is 4.46. The highest BCUT2D eigenvalue weighted by molar-refractivity contribution is 5.96. The van der Waals surface area contributed by atoms with Crippen molar-refractivity contribution in [1.29, 1.82) is 0 Å². The summed E-state index contributed by atoms with van der Waals surface area (Å²) in [4.78, 5) is 31.7. The van der Waals surface area contributed by atoms with Gasteiger partial charge in [-0.15, -0.1) is 0 Å². The molecule has 3 rings (SSSR count). The fourth-order valence-corrected chi connectivity index (χ4v) is 3.02. The number of methoxy groups -OCH3 is 1. The van der Waals surface area contributed by atoms with Crippen LogP contribution in [0.1, 0.15) is 27.6 Å². The maximum absolute atomic E-state index is 14.3. The number of benzene rings is 1. The molecule has 0 saturated carbocycles. The molecule has 1 aliphatic heterocycles. The van der Waals surface area contributed by atoms with Gasteiger partial charge in [-0.05, 0) is 37.3 Å². The average Bonchev–Trinajstić information content (AvgIpc) is 2.67. The van der Waals surface area contributed by atoms with E-state index in [0.717, 1.165) is 0 Å². The lowest BCUT2D eigenvalue weighted by Gasteiger charge is -2.36. The Morgan fingerprint density at radius 3 is 2.50 bits per heavy atom. The zero-order chi connectivity index (χ0) is 18.7. The molecule has 2 aromatic rings. The number of halogens is 1. The molecule has 2 heterocycles. The van der Waals surface area contributed by atoms with Crippen molar-refractivity contribution in [2.75, 3.05) is 38.2 Å². The fraction of sp³-hybridized carbons (Fsp3) is 0.316. The van der Waals surface area contributed by atoms with Crippen LogP contribution in [0.2, 0.25) is 0 Å². The Morgan fingerprint density at radius 2 is 1.88 bits per heavy atom. The number of rotatable bonds is 4. The van der Waals surface area contributed by atoms with E-state index in [9.17, 15) is 14.0 Å². The summed E-state index contributed by atoms with van der Waals surface area (Å²) in [5, 5.41) is 0. The zero-order valence-electron chi connectivity index (χ0n) is 14.7. The van der Waals surface area contributed by atoms with E-state index in [4.69, 9.17) is 4.74 Å². The second-order valence-electron chi connectivity index (χ2n) is 6.06. The van der Waals surface area contributed by atoms with Crippen LogP contribution < -0.4 is 9.64 Å². The third-order valence-electron chi connectivity index (χ3n) is 4.46. The number of carbonyl (C=O) groups is 2. The number of nitrogens with zero attached hydrogens (tertiary/aromatic N) is 3. The van der Waals surface area contributed by atoms with Crippen molar-refractivity contribution in [3.63, 3.8) is 0 Å². The summed E-state index contributed by atoms with van der Waals surface area (Å²) in [6, 6.07) is 7.88. The van der Waals surface area contributed by atoms with Crippen LogP contribution >= 0.6 is 0 Å². The van der Waals surface area contributed by atoms with Gasteiger partial charge in [0.1, 0.15) is 11.4 Å². The minimum absolute atomic E-state index is 0.151. The van der Waals surface area contributed by atoms with Crippen molar-refractivity contribution in [2.45, 2.75) is 6.92 Å². The maximum Gasteiger partial charge on any atom is 0.259 e. The molecule has 0 aliphatic carbocycles. The lowest BCUT2D eigenvalue weighted by molar-refractivity contribution is 0.0742. The van der Waals surface area contributed by atoms with Gasteiger partial charge >= 0.3 is 0 Å². The Hall–Kier alpha value is -2.96. The molecule has 0 bridgehead atoms. The number of aromatic nitrogens is 1. The summed E-state index contributed by atoms with van der Waals surface area (Å²) in [5.41, 5.74) is 1.21. The second-order valence-corrected chi connectivity index (χ2v) is 6.06. The Morgan fingerprint density at radius 1 is 1.15 bits per heavy atom. The molecular formula is C19H20FN3O3. The normalized spacial score (nSPS) is 14.3. The van der Waals surface area contributed by atoms with E-state index >= 15 is 0 Å². The van der Waals surface area contributed by atoms with Crippen molar-refractivity contribution in [2.24, 2.45) is 0 Å². The third kappa shape index (κ3) is 3.51. The van der Waals surface area contributed by atoms with E-state index in [2.05, 4.69) is 4.98 Å². The number of piperazine rings is 1. The number of hydrogen-bond acceptors (Lipinski definition) is 5. The highest BCUT2D eigenvalue weighted by Crippen LogP contribution is 2.23. The number of ketones is 1. The first-order valence-corrected chi connectivity index (χ1v) is 8.35. The van der Waals surface area contributed by atoms with E-state index in [1.807, 2.05) is 4.90 Å². The average molecular weight is 357 g/mol. The summed E-state index contributed by atoms with van der Waals surface area (Å²) in [6.45, 7) is 3.34. The first-order valence-electron chi connectivity index (χ1n) is 8.35. The van der Waals surface area contributed by atoms with Crippen molar-refractivity contribution in [1.82, 2.24) is 9.88 Å². The van der Waals surface area contributed by atoms with Gasteiger partial charge in [-0.2, -0.15) is 0 Å². The van der Waals surface area contributed by atoms with Crippen LogP contribution in [-0.4, -0.2) is 54.9 Å². The van der Waals surface area contributed by atoms with E-state index in [1.54, 1.807) is 35.4 Å². The van der Waals surface area contributed by atoms with Crippen molar-refractivity contribution < 1.29 is 18.7 Å². The summed E-state index contributed by atoms with van der Waals surface area (Å²) < 4.78 is 19.5. The molecule has 6 nitrogen and oxygen atoms in total. The van der Waals surface area contributed by atoms with E-state index in [1.165, 1.54) is 20.1 Å². The van der Waals surface area contributed by atoms with Gasteiger partial charge in [-0.3, -0.25) is 9.59 Å². The number of carbonyl (C=O) groups excluding carboxylic acids is 2. The predicted octanol–water partition coefficient (Wildman–Crippen LogP) is 2.39. The molecule has 1 aliphatic rings. The van der Waals surface area contributed by atoms with Crippen LogP contribution in [0.4, 0.5) is 10.1 Å². The fourth-order valence-electron chi connectivity index (χ4n) is 3.02. The van der Waals surface area contributed by atoms with Gasteiger partial charge in [0.2, 0.25) is 5.88 Å². The minimum atomic E-state index is -0.425. The molecule has 1 aromatic carbocycles. The molecule has 0 spiro atoms. The zero-order valence-corrected chi connectivity index (χ0v) is 14.7. The lowest BCUT2D eigenvalue weighted by atomic mass is 10.1. The summed E-state index contributed by atoms with van der Waals surface area (Å²) in [5.74, 6) is -0.449. The van der Waals surface area contributed by atoms with Gasteiger partial charge in [0.25, 0.3) is 5.91 Å². The Balaban J connectivity index is 1.69. The highest BCUT2D eigenvalue weighted by Gasteiger charge is 2.26. The monoisotopic (exact) mass is 357 g/mol. The van der Waals surface area contributed by atoms with Gasteiger partial charge in [-0.25, -0.2) is 9.37 Å². The number of ether oxygens (including phenoxy) is 1. The number of hydrogen-bond donors (Lipinski definition) is 0. The second kappa shape index (κ2) is 7.51. The molecule has 1 fully saturated rings. The number of anilines is 1. The molecule has 0 unspecified atom stereocenters. The van der Waals surface area contributed by atoms with Gasteiger partial charge < -0.3 is 14.5 Å². The topological polar surface area (TPSA) is 62.7 Å². The van der Waals surface area contributed by atoms with Crippen LogP contribution in [0.3, 0.4) is 0 Å². The van der Waals surface area contributed by atoms with Crippen molar-refractivity contribution in [3.05, 3.63) is 53.5 Å². The predicted molar refractivity (Wildman–Crippen MR) is 95.3 cm³/mol. The maximum atomic E-state index is 14.3. The summed E-state index contributed by atoms with van der Waals surface area (Å²) >= 11 is 0. The molecule has 26 heavy (non-hydrogen) atoms. The number of Topliss-reactive ketones (excluding diaryl/α,β-unsaturated/α-hetero) is 1. The molecule has 1 amide bonds. The lowest BCUT2D eigenvalue weighted by Crippen LogP contribution is -2.49. The molecule has 0 radical (unpaired) electrons. The molecule has 1 saturated heterocycles. The van der Waals surface area contributed by atoms with Gasteiger partial charge in [0, 0.05) is 37.9 Å². The van der Waals surface area contributed by atoms with E-state index in [-0.39, 0.29) is 11.7 Å². The standard InChI is InChI=1S/C19H20FN3O3/c1-13(24)14-5-6-17(16(20)12-14)22-8-10-23(11-9-22)19(25)15-4-3-7-21-18(15)26-2/h3-7,12H,8-11H2,1-2H3. The minimum Gasteiger partial charge on any atom is -0.480 e. The first kappa shape index (κ1) is 17.8. The molecule has 1 aromatic heterocycles. The van der Waals surface area contributed by atoms with Crippen LogP contribution in [0.25, 0.3) is 0 Å². The number of amides is 1. The quantitative estimate of drug-likeness (QED) is 0.787. The number of pyridine rings is 1. The molecule has 0 atom stereocenters. The largest absolute Gasteiger partial charge is 0.480 e.